The van der Waals surface area contributed by atoms with Gasteiger partial charge in [0.1, 0.15) is 0 Å². The Hall–Kier alpha value is -1.42. The van der Waals surface area contributed by atoms with Crippen molar-refractivity contribution in [3.05, 3.63) is 35.4 Å². The van der Waals surface area contributed by atoms with Crippen molar-refractivity contribution in [2.24, 2.45) is 11.7 Å². The Labute approximate surface area is 126 Å². The lowest BCUT2D eigenvalue weighted by molar-refractivity contribution is 0.211. The van der Waals surface area contributed by atoms with Gasteiger partial charge in [-0.2, -0.15) is 9.57 Å². The number of nitrogens with zero attached hydrogens (tertiary/aromatic N) is 2. The standard InChI is InChI=1S/C15H21N3O2S/c1-12-6-7-18(15(8-12)10-17)21(19,20)11-14-4-2-13(9-16)3-5-14/h2-5,12,15H,6-8,10-11,17H2,1H3. The molecule has 0 aliphatic carbocycles. The smallest absolute Gasteiger partial charge is 0.218 e. The van der Waals surface area contributed by atoms with E-state index in [-0.39, 0.29) is 11.8 Å². The minimum absolute atomic E-state index is 0.0381. The average Bonchev–Trinajstić information content (AvgIpc) is 2.47. The SMILES string of the molecule is CC1CCN(S(=O)(=O)Cc2ccc(C#N)cc2)C(CN)C1. The van der Waals surface area contributed by atoms with Crippen LogP contribution in [0.2, 0.25) is 0 Å². The highest BCUT2D eigenvalue weighted by Gasteiger charge is 2.33. The summed E-state index contributed by atoms with van der Waals surface area (Å²) < 4.78 is 26.7. The molecule has 1 aliphatic heterocycles. The monoisotopic (exact) mass is 307 g/mol. The van der Waals surface area contributed by atoms with Crippen molar-refractivity contribution >= 4 is 10.0 Å². The highest BCUT2D eigenvalue weighted by molar-refractivity contribution is 7.88. The van der Waals surface area contributed by atoms with E-state index in [1.165, 1.54) is 0 Å². The van der Waals surface area contributed by atoms with Gasteiger partial charge in [0.25, 0.3) is 0 Å². The van der Waals surface area contributed by atoms with E-state index in [1.54, 1.807) is 28.6 Å². The van der Waals surface area contributed by atoms with Crippen LogP contribution in [-0.2, 0) is 15.8 Å². The van der Waals surface area contributed by atoms with Crippen molar-refractivity contribution in [2.45, 2.75) is 31.6 Å². The molecule has 2 atom stereocenters. The van der Waals surface area contributed by atoms with Gasteiger partial charge >= 0.3 is 0 Å². The summed E-state index contributed by atoms with van der Waals surface area (Å²) in [6, 6.07) is 8.60. The van der Waals surface area contributed by atoms with E-state index in [0.717, 1.165) is 12.8 Å². The fourth-order valence-corrected chi connectivity index (χ4v) is 4.57. The zero-order chi connectivity index (χ0) is 15.5. The van der Waals surface area contributed by atoms with Gasteiger partial charge in [-0.15, -0.1) is 0 Å². The van der Waals surface area contributed by atoms with E-state index in [4.69, 9.17) is 11.0 Å². The molecular weight excluding hydrogens is 286 g/mol. The summed E-state index contributed by atoms with van der Waals surface area (Å²) >= 11 is 0. The Morgan fingerprint density at radius 3 is 2.62 bits per heavy atom. The Kier molecular flexibility index (Phi) is 4.99. The molecule has 0 bridgehead atoms. The first-order chi connectivity index (χ1) is 9.96. The molecule has 2 N–H and O–H groups in total. The molecule has 2 rings (SSSR count). The Bertz CT molecular complexity index is 619. The molecule has 0 amide bonds. The number of sulfonamides is 1. The lowest BCUT2D eigenvalue weighted by atomic mass is 9.94. The van der Waals surface area contributed by atoms with Gasteiger partial charge in [0.05, 0.1) is 17.4 Å². The van der Waals surface area contributed by atoms with Gasteiger partial charge < -0.3 is 5.73 Å². The van der Waals surface area contributed by atoms with Crippen LogP contribution >= 0.6 is 0 Å². The maximum absolute atomic E-state index is 12.6. The molecule has 0 spiro atoms. The van der Waals surface area contributed by atoms with Crippen molar-refractivity contribution in [3.63, 3.8) is 0 Å². The number of hydrogen-bond donors (Lipinski definition) is 1. The number of nitriles is 1. The minimum Gasteiger partial charge on any atom is -0.329 e. The number of piperidine rings is 1. The van der Waals surface area contributed by atoms with Crippen LogP contribution in [0.25, 0.3) is 0 Å². The van der Waals surface area contributed by atoms with E-state index >= 15 is 0 Å². The van der Waals surface area contributed by atoms with Gasteiger partial charge in [0, 0.05) is 19.1 Å². The normalized spacial score (nSPS) is 23.7. The van der Waals surface area contributed by atoms with Crippen LogP contribution in [0.15, 0.2) is 24.3 Å². The fourth-order valence-electron chi connectivity index (χ4n) is 2.78. The molecular formula is C15H21N3O2S. The van der Waals surface area contributed by atoms with Crippen molar-refractivity contribution in [1.29, 1.82) is 5.26 Å². The maximum atomic E-state index is 12.6. The topological polar surface area (TPSA) is 87.2 Å². The third-order valence-corrected chi connectivity index (χ3v) is 5.88. The molecule has 21 heavy (non-hydrogen) atoms. The predicted octanol–water partition coefficient (Wildman–Crippen LogP) is 1.45. The summed E-state index contributed by atoms with van der Waals surface area (Å²) in [5, 5.41) is 8.77. The van der Waals surface area contributed by atoms with Crippen LogP contribution in [0.5, 0.6) is 0 Å². The molecule has 1 aromatic carbocycles. The van der Waals surface area contributed by atoms with Gasteiger partial charge in [-0.05, 0) is 36.5 Å². The number of nitrogens with two attached hydrogens (primary N) is 1. The van der Waals surface area contributed by atoms with Crippen LogP contribution < -0.4 is 5.73 Å². The Balaban J connectivity index is 2.15. The zero-order valence-electron chi connectivity index (χ0n) is 12.2. The number of rotatable bonds is 4. The maximum Gasteiger partial charge on any atom is 0.218 e. The molecule has 1 aromatic rings. The summed E-state index contributed by atoms with van der Waals surface area (Å²) in [5.41, 5.74) is 6.97. The van der Waals surface area contributed by atoms with Gasteiger partial charge in [-0.1, -0.05) is 19.1 Å². The van der Waals surface area contributed by atoms with E-state index in [9.17, 15) is 8.42 Å². The minimum atomic E-state index is -3.37. The van der Waals surface area contributed by atoms with Crippen LogP contribution in [-0.4, -0.2) is 31.9 Å². The first kappa shape index (κ1) is 16.0. The third kappa shape index (κ3) is 3.82. The molecule has 0 saturated carbocycles. The number of benzene rings is 1. The molecule has 114 valence electrons. The molecule has 2 unspecified atom stereocenters. The van der Waals surface area contributed by atoms with E-state index < -0.39 is 10.0 Å². The molecule has 6 heteroatoms. The largest absolute Gasteiger partial charge is 0.329 e. The van der Waals surface area contributed by atoms with E-state index in [2.05, 4.69) is 6.92 Å². The molecule has 1 aliphatic rings. The van der Waals surface area contributed by atoms with E-state index in [1.807, 2.05) is 6.07 Å². The van der Waals surface area contributed by atoms with Gasteiger partial charge in [-0.3, -0.25) is 0 Å². The highest BCUT2D eigenvalue weighted by atomic mass is 32.2. The first-order valence-corrected chi connectivity index (χ1v) is 8.76. The van der Waals surface area contributed by atoms with Crippen LogP contribution in [0.3, 0.4) is 0 Å². The van der Waals surface area contributed by atoms with Crippen molar-refractivity contribution in [1.82, 2.24) is 4.31 Å². The first-order valence-electron chi connectivity index (χ1n) is 7.15. The quantitative estimate of drug-likeness (QED) is 0.912. The second-order valence-electron chi connectivity index (χ2n) is 5.69. The summed E-state index contributed by atoms with van der Waals surface area (Å²) in [7, 11) is -3.37. The molecule has 1 saturated heterocycles. The second-order valence-corrected chi connectivity index (χ2v) is 7.62. The van der Waals surface area contributed by atoms with Crippen molar-refractivity contribution in [2.75, 3.05) is 13.1 Å². The summed E-state index contributed by atoms with van der Waals surface area (Å²) in [5.74, 6) is 0.476. The van der Waals surface area contributed by atoms with Crippen LogP contribution in [0.1, 0.15) is 30.9 Å². The van der Waals surface area contributed by atoms with Gasteiger partial charge in [0.15, 0.2) is 0 Å². The van der Waals surface area contributed by atoms with Crippen molar-refractivity contribution < 1.29 is 8.42 Å². The molecule has 0 radical (unpaired) electrons. The van der Waals surface area contributed by atoms with Crippen molar-refractivity contribution in [3.8, 4) is 6.07 Å². The summed E-state index contributed by atoms with van der Waals surface area (Å²) in [6.45, 7) is 3.03. The third-order valence-electron chi connectivity index (χ3n) is 3.99. The second kappa shape index (κ2) is 6.56. The summed E-state index contributed by atoms with van der Waals surface area (Å²) in [4.78, 5) is 0. The highest BCUT2D eigenvalue weighted by Crippen LogP contribution is 2.26. The van der Waals surface area contributed by atoms with Crippen LogP contribution in [0.4, 0.5) is 0 Å². The molecule has 1 heterocycles. The van der Waals surface area contributed by atoms with Crippen LogP contribution in [0, 0.1) is 17.2 Å². The lowest BCUT2D eigenvalue weighted by Crippen LogP contribution is -2.49. The zero-order valence-corrected chi connectivity index (χ0v) is 13.0. The number of hydrogen-bond acceptors (Lipinski definition) is 4. The average molecular weight is 307 g/mol. The molecule has 0 aromatic heterocycles. The Morgan fingerprint density at radius 1 is 1.38 bits per heavy atom. The predicted molar refractivity (Wildman–Crippen MR) is 81.7 cm³/mol. The summed E-state index contributed by atoms with van der Waals surface area (Å²) in [6.07, 6.45) is 1.70. The molecule has 5 nitrogen and oxygen atoms in total. The van der Waals surface area contributed by atoms with E-state index in [0.29, 0.717) is 30.1 Å². The van der Waals surface area contributed by atoms with Gasteiger partial charge in [0.2, 0.25) is 10.0 Å². The van der Waals surface area contributed by atoms with Gasteiger partial charge in [-0.25, -0.2) is 8.42 Å². The molecule has 1 fully saturated rings. The lowest BCUT2D eigenvalue weighted by Gasteiger charge is -2.36. The Morgan fingerprint density at radius 2 is 2.05 bits per heavy atom. The fraction of sp³-hybridized carbons (Fsp3) is 0.533.